The van der Waals surface area contributed by atoms with Gasteiger partial charge in [0.05, 0.1) is 0 Å². The molecule has 1 unspecified atom stereocenters. The van der Waals surface area contributed by atoms with Crippen molar-refractivity contribution >= 4 is 11.6 Å². The van der Waals surface area contributed by atoms with E-state index in [0.29, 0.717) is 6.04 Å². The normalized spacial score (nSPS) is 17.3. The number of guanidine groups is 1. The predicted molar refractivity (Wildman–Crippen MR) is 104 cm³/mol. The van der Waals surface area contributed by atoms with E-state index in [9.17, 15) is 0 Å². The van der Waals surface area contributed by atoms with Crippen molar-refractivity contribution in [1.82, 2.24) is 15.1 Å². The summed E-state index contributed by atoms with van der Waals surface area (Å²) in [4.78, 5) is 11.7. The zero-order valence-electron chi connectivity index (χ0n) is 15.7. The van der Waals surface area contributed by atoms with E-state index in [2.05, 4.69) is 76.2 Å². The Labute approximate surface area is 147 Å². The van der Waals surface area contributed by atoms with E-state index in [0.717, 1.165) is 45.2 Å². The Morgan fingerprint density at radius 3 is 2.46 bits per heavy atom. The minimum absolute atomic E-state index is 0.628. The molecule has 0 amide bonds. The molecule has 0 aliphatic carbocycles. The molecule has 24 heavy (non-hydrogen) atoms. The molecule has 5 heteroatoms. The highest BCUT2D eigenvalue weighted by atomic mass is 15.3. The molecule has 0 radical (unpaired) electrons. The molecule has 134 valence electrons. The first-order valence-corrected chi connectivity index (χ1v) is 9.11. The number of nitrogens with zero attached hydrogens (tertiary/aromatic N) is 4. The Hall–Kier alpha value is -1.75. The molecule has 1 atom stereocenters. The van der Waals surface area contributed by atoms with Gasteiger partial charge in [-0.05, 0) is 32.5 Å². The third kappa shape index (κ3) is 5.13. The number of hydrogen-bond donors (Lipinski definition) is 1. The molecular weight excluding hydrogens is 298 g/mol. The Morgan fingerprint density at radius 2 is 1.88 bits per heavy atom. The van der Waals surface area contributed by atoms with Gasteiger partial charge in [0.25, 0.3) is 0 Å². The molecule has 0 saturated carbocycles. The van der Waals surface area contributed by atoms with Crippen molar-refractivity contribution in [3.05, 3.63) is 30.3 Å². The molecule has 1 N–H and O–H groups in total. The SMILES string of the molecule is CCC(C)N(C)CCNC(=NC)N1CCN(c2ccccc2)CC1. The fourth-order valence-electron chi connectivity index (χ4n) is 3.02. The number of piperazine rings is 1. The number of anilines is 1. The standard InChI is InChI=1S/C19H33N5/c1-5-17(2)22(4)12-11-21-19(20-3)24-15-13-23(14-16-24)18-9-7-6-8-10-18/h6-10,17H,5,11-16H2,1-4H3,(H,20,21). The molecule has 1 aliphatic heterocycles. The van der Waals surface area contributed by atoms with Crippen molar-refractivity contribution in [1.29, 1.82) is 0 Å². The lowest BCUT2D eigenvalue weighted by Crippen LogP contribution is -2.53. The second-order valence-corrected chi connectivity index (χ2v) is 6.52. The maximum atomic E-state index is 4.47. The molecule has 1 aliphatic rings. The summed E-state index contributed by atoms with van der Waals surface area (Å²) in [6.45, 7) is 10.6. The van der Waals surface area contributed by atoms with Crippen LogP contribution in [0.5, 0.6) is 0 Å². The number of para-hydroxylation sites is 1. The molecule has 1 fully saturated rings. The molecule has 5 nitrogen and oxygen atoms in total. The van der Waals surface area contributed by atoms with Crippen LogP contribution < -0.4 is 10.2 Å². The van der Waals surface area contributed by atoms with Crippen LogP contribution in [0.3, 0.4) is 0 Å². The summed E-state index contributed by atoms with van der Waals surface area (Å²) in [7, 11) is 4.07. The highest BCUT2D eigenvalue weighted by Gasteiger charge is 2.19. The van der Waals surface area contributed by atoms with Crippen LogP contribution >= 0.6 is 0 Å². The predicted octanol–water partition coefficient (Wildman–Crippen LogP) is 2.11. The number of hydrogen-bond acceptors (Lipinski definition) is 3. The first-order chi connectivity index (χ1) is 11.7. The van der Waals surface area contributed by atoms with Gasteiger partial charge in [-0.15, -0.1) is 0 Å². The van der Waals surface area contributed by atoms with E-state index < -0.39 is 0 Å². The Bertz CT molecular complexity index is 494. The topological polar surface area (TPSA) is 34.1 Å². The van der Waals surface area contributed by atoms with E-state index in [1.807, 2.05) is 7.05 Å². The molecule has 0 bridgehead atoms. The van der Waals surface area contributed by atoms with E-state index in [-0.39, 0.29) is 0 Å². The Balaban J connectivity index is 1.77. The largest absolute Gasteiger partial charge is 0.368 e. The van der Waals surface area contributed by atoms with E-state index in [1.54, 1.807) is 0 Å². The first kappa shape index (κ1) is 18.6. The zero-order valence-corrected chi connectivity index (χ0v) is 15.7. The third-order valence-corrected chi connectivity index (χ3v) is 5.00. The Kier molecular flexibility index (Phi) is 7.37. The lowest BCUT2D eigenvalue weighted by molar-refractivity contribution is 0.254. The molecular formula is C19H33N5. The second-order valence-electron chi connectivity index (χ2n) is 6.52. The van der Waals surface area contributed by atoms with Crippen molar-refractivity contribution in [3.63, 3.8) is 0 Å². The van der Waals surface area contributed by atoms with E-state index >= 15 is 0 Å². The molecule has 0 aromatic heterocycles. The Morgan fingerprint density at radius 1 is 1.21 bits per heavy atom. The summed E-state index contributed by atoms with van der Waals surface area (Å²) >= 11 is 0. The lowest BCUT2D eigenvalue weighted by Gasteiger charge is -2.37. The van der Waals surface area contributed by atoms with Gasteiger partial charge in [0.15, 0.2) is 5.96 Å². The van der Waals surface area contributed by atoms with Gasteiger partial charge in [-0.1, -0.05) is 25.1 Å². The lowest BCUT2D eigenvalue weighted by atomic mass is 10.2. The van der Waals surface area contributed by atoms with Gasteiger partial charge >= 0.3 is 0 Å². The fraction of sp³-hybridized carbons (Fsp3) is 0.632. The van der Waals surface area contributed by atoms with Crippen LogP contribution in [0, 0.1) is 0 Å². The summed E-state index contributed by atoms with van der Waals surface area (Å²) in [5.74, 6) is 1.03. The van der Waals surface area contributed by atoms with Crippen LogP contribution in [0.15, 0.2) is 35.3 Å². The van der Waals surface area contributed by atoms with Gasteiger partial charge < -0.3 is 20.0 Å². The molecule has 1 heterocycles. The maximum absolute atomic E-state index is 4.47. The first-order valence-electron chi connectivity index (χ1n) is 9.11. The van der Waals surface area contributed by atoms with Crippen molar-refractivity contribution in [3.8, 4) is 0 Å². The fourth-order valence-corrected chi connectivity index (χ4v) is 3.02. The minimum atomic E-state index is 0.628. The molecule has 1 aromatic carbocycles. The number of benzene rings is 1. The van der Waals surface area contributed by atoms with E-state index in [1.165, 1.54) is 12.1 Å². The van der Waals surface area contributed by atoms with Gasteiger partial charge in [-0.2, -0.15) is 0 Å². The minimum Gasteiger partial charge on any atom is -0.368 e. The third-order valence-electron chi connectivity index (χ3n) is 5.00. The van der Waals surface area contributed by atoms with Crippen molar-refractivity contribution in [2.45, 2.75) is 26.3 Å². The van der Waals surface area contributed by atoms with E-state index in [4.69, 9.17) is 0 Å². The highest BCUT2D eigenvalue weighted by Crippen LogP contribution is 2.15. The van der Waals surface area contributed by atoms with Crippen LogP contribution in [0.2, 0.25) is 0 Å². The molecule has 1 aromatic rings. The average molecular weight is 332 g/mol. The highest BCUT2D eigenvalue weighted by molar-refractivity contribution is 5.80. The summed E-state index contributed by atoms with van der Waals surface area (Å²) < 4.78 is 0. The summed E-state index contributed by atoms with van der Waals surface area (Å²) in [5, 5.41) is 3.52. The number of likely N-dealkylation sites (N-methyl/N-ethyl adjacent to an activating group) is 1. The quantitative estimate of drug-likeness (QED) is 0.639. The summed E-state index contributed by atoms with van der Waals surface area (Å²) in [5.41, 5.74) is 1.32. The smallest absolute Gasteiger partial charge is 0.193 e. The van der Waals surface area contributed by atoms with Crippen LogP contribution in [0.1, 0.15) is 20.3 Å². The zero-order chi connectivity index (χ0) is 17.4. The van der Waals surface area contributed by atoms with Gasteiger partial charge in [0.1, 0.15) is 0 Å². The molecule has 1 saturated heterocycles. The van der Waals surface area contributed by atoms with Crippen molar-refractivity contribution < 1.29 is 0 Å². The second kappa shape index (κ2) is 9.52. The van der Waals surface area contributed by atoms with Crippen molar-refractivity contribution in [2.24, 2.45) is 4.99 Å². The number of aliphatic imine (C=N–C) groups is 1. The summed E-state index contributed by atoms with van der Waals surface area (Å²) in [6, 6.07) is 11.3. The van der Waals surface area contributed by atoms with Gasteiger partial charge in [0.2, 0.25) is 0 Å². The van der Waals surface area contributed by atoms with Gasteiger partial charge in [0, 0.05) is 58.0 Å². The maximum Gasteiger partial charge on any atom is 0.193 e. The summed E-state index contributed by atoms with van der Waals surface area (Å²) in [6.07, 6.45) is 1.19. The van der Waals surface area contributed by atoms with Crippen LogP contribution in [0.25, 0.3) is 0 Å². The van der Waals surface area contributed by atoms with Crippen LogP contribution in [0.4, 0.5) is 5.69 Å². The molecule has 0 spiro atoms. The monoisotopic (exact) mass is 331 g/mol. The number of nitrogens with one attached hydrogen (secondary N) is 1. The van der Waals surface area contributed by atoms with Gasteiger partial charge in [-0.25, -0.2) is 0 Å². The average Bonchev–Trinajstić information content (AvgIpc) is 2.65. The van der Waals surface area contributed by atoms with Crippen LogP contribution in [-0.2, 0) is 0 Å². The van der Waals surface area contributed by atoms with Gasteiger partial charge in [-0.3, -0.25) is 4.99 Å². The van der Waals surface area contributed by atoms with Crippen LogP contribution in [-0.4, -0.2) is 75.2 Å². The molecule has 2 rings (SSSR count). The van der Waals surface area contributed by atoms with Crippen molar-refractivity contribution in [2.75, 3.05) is 58.3 Å². The number of rotatable bonds is 6.